The minimum Gasteiger partial charge on any atom is -0.482 e. The minimum absolute atomic E-state index is 0.233. The number of aliphatic hydroxyl groups excluding tert-OH is 1. The van der Waals surface area contributed by atoms with Crippen LogP contribution in [-0.2, 0) is 4.79 Å². The van der Waals surface area contributed by atoms with Crippen molar-refractivity contribution in [3.05, 3.63) is 58.9 Å². The molecule has 1 fully saturated rings. The molecule has 1 aliphatic heterocycles. The highest BCUT2D eigenvalue weighted by atomic mass is 35.5. The van der Waals surface area contributed by atoms with E-state index in [-0.39, 0.29) is 49.9 Å². The second kappa shape index (κ2) is 9.85. The maximum Gasteiger partial charge on any atom is 0.316 e. The first-order valence-corrected chi connectivity index (χ1v) is 10.2. The SMILES string of the molecule is N#CC1(C(O)c2ccc(F)cc2)CCN(C(=O)COc2ccc(Cl)cc2NC(N)=O)CC1. The molecule has 4 N–H and O–H groups in total. The summed E-state index contributed by atoms with van der Waals surface area (Å²) in [6.45, 7) is 0.206. The third-order valence-electron chi connectivity index (χ3n) is 5.49. The van der Waals surface area contributed by atoms with Crippen LogP contribution in [0.2, 0.25) is 5.02 Å². The van der Waals surface area contributed by atoms with Crippen molar-refractivity contribution < 1.29 is 23.8 Å². The van der Waals surface area contributed by atoms with Gasteiger partial charge in [0.05, 0.1) is 23.3 Å². The van der Waals surface area contributed by atoms with Crippen molar-refractivity contribution >= 4 is 29.2 Å². The number of halogens is 2. The fourth-order valence-electron chi connectivity index (χ4n) is 3.65. The standard InChI is InChI=1S/C22H22ClFN4O4/c23-15-3-6-18(17(11-15)27-21(26)31)32-12-19(29)28-9-7-22(13-25,8-10-28)20(30)14-1-4-16(24)5-2-14/h1-6,11,20,30H,7-10,12H2,(H3,26,27,31). The first-order chi connectivity index (χ1) is 15.2. The average Bonchev–Trinajstić information content (AvgIpc) is 2.78. The molecule has 0 bridgehead atoms. The Labute approximate surface area is 189 Å². The van der Waals surface area contributed by atoms with E-state index < -0.39 is 23.4 Å². The number of urea groups is 1. The summed E-state index contributed by atoms with van der Waals surface area (Å²) < 4.78 is 18.7. The van der Waals surface area contributed by atoms with Gasteiger partial charge in [0, 0.05) is 18.1 Å². The molecule has 3 amide bonds. The highest BCUT2D eigenvalue weighted by molar-refractivity contribution is 6.31. The smallest absolute Gasteiger partial charge is 0.316 e. The number of carbonyl (C=O) groups is 2. The maximum absolute atomic E-state index is 13.2. The summed E-state index contributed by atoms with van der Waals surface area (Å²) in [7, 11) is 0. The maximum atomic E-state index is 13.2. The van der Waals surface area contributed by atoms with Crippen LogP contribution in [0.3, 0.4) is 0 Å². The van der Waals surface area contributed by atoms with Crippen LogP contribution < -0.4 is 15.8 Å². The topological polar surface area (TPSA) is 129 Å². The van der Waals surface area contributed by atoms with Crippen LogP contribution >= 0.6 is 11.6 Å². The number of primary amides is 1. The van der Waals surface area contributed by atoms with Gasteiger partial charge in [0.15, 0.2) is 6.61 Å². The van der Waals surface area contributed by atoms with Crippen LogP contribution in [0.1, 0.15) is 24.5 Å². The summed E-state index contributed by atoms with van der Waals surface area (Å²) >= 11 is 5.91. The van der Waals surface area contributed by atoms with Crippen molar-refractivity contribution in [3.63, 3.8) is 0 Å². The van der Waals surface area contributed by atoms with Gasteiger partial charge in [-0.05, 0) is 48.7 Å². The van der Waals surface area contributed by atoms with Gasteiger partial charge < -0.3 is 25.8 Å². The normalized spacial score (nSPS) is 16.0. The summed E-state index contributed by atoms with van der Waals surface area (Å²) in [4.78, 5) is 25.3. The molecule has 1 atom stereocenters. The van der Waals surface area contributed by atoms with Crippen LogP contribution in [0.5, 0.6) is 5.75 Å². The lowest BCUT2D eigenvalue weighted by atomic mass is 9.73. The highest BCUT2D eigenvalue weighted by Crippen LogP contribution is 2.42. The second-order valence-corrected chi connectivity index (χ2v) is 7.96. The predicted octanol–water partition coefficient (Wildman–Crippen LogP) is 3.21. The summed E-state index contributed by atoms with van der Waals surface area (Å²) in [5.41, 5.74) is 4.75. The Morgan fingerprint density at radius 2 is 1.94 bits per heavy atom. The molecule has 2 aromatic carbocycles. The van der Waals surface area contributed by atoms with E-state index in [0.29, 0.717) is 10.6 Å². The molecule has 8 nitrogen and oxygen atoms in total. The second-order valence-electron chi connectivity index (χ2n) is 7.52. The zero-order chi connectivity index (χ0) is 23.3. The molecule has 168 valence electrons. The number of nitrogens with two attached hydrogens (primary N) is 1. The van der Waals surface area contributed by atoms with Crippen molar-refractivity contribution in [2.75, 3.05) is 25.0 Å². The van der Waals surface area contributed by atoms with E-state index in [1.807, 2.05) is 0 Å². The van der Waals surface area contributed by atoms with Gasteiger partial charge in [-0.25, -0.2) is 9.18 Å². The largest absolute Gasteiger partial charge is 0.482 e. The van der Waals surface area contributed by atoms with E-state index in [4.69, 9.17) is 22.1 Å². The molecule has 32 heavy (non-hydrogen) atoms. The lowest BCUT2D eigenvalue weighted by Gasteiger charge is -2.40. The van der Waals surface area contributed by atoms with Crippen LogP contribution in [0.15, 0.2) is 42.5 Å². The Morgan fingerprint density at radius 3 is 2.53 bits per heavy atom. The first kappa shape index (κ1) is 23.3. The fraction of sp³-hybridized carbons (Fsp3) is 0.318. The zero-order valence-electron chi connectivity index (χ0n) is 17.1. The molecular formula is C22H22ClFN4O4. The number of ether oxygens (including phenoxy) is 1. The number of anilines is 1. The molecule has 2 aromatic rings. The lowest BCUT2D eigenvalue weighted by Crippen LogP contribution is -2.46. The van der Waals surface area contributed by atoms with Gasteiger partial charge in [-0.1, -0.05) is 23.7 Å². The number of nitrogens with one attached hydrogen (secondary N) is 1. The van der Waals surface area contributed by atoms with Gasteiger partial charge in [0.25, 0.3) is 5.91 Å². The molecule has 0 saturated carbocycles. The highest BCUT2D eigenvalue weighted by Gasteiger charge is 2.43. The van der Waals surface area contributed by atoms with E-state index in [9.17, 15) is 24.3 Å². The summed E-state index contributed by atoms with van der Waals surface area (Å²) in [6, 6.07) is 11.3. The molecule has 1 aliphatic rings. The number of carbonyl (C=O) groups excluding carboxylic acids is 2. The Kier molecular flexibility index (Phi) is 7.18. The Balaban J connectivity index is 1.61. The van der Waals surface area contributed by atoms with Crippen LogP contribution in [0.25, 0.3) is 0 Å². The molecule has 1 saturated heterocycles. The molecule has 0 spiro atoms. The Hall–Kier alpha value is -3.35. The van der Waals surface area contributed by atoms with E-state index >= 15 is 0 Å². The monoisotopic (exact) mass is 460 g/mol. The van der Waals surface area contributed by atoms with Crippen molar-refractivity contribution in [1.82, 2.24) is 4.90 Å². The lowest BCUT2D eigenvalue weighted by molar-refractivity contribution is -0.136. The van der Waals surface area contributed by atoms with Gasteiger partial charge in [-0.15, -0.1) is 0 Å². The third-order valence-corrected chi connectivity index (χ3v) is 5.73. The number of amides is 3. The van der Waals surface area contributed by atoms with Crippen LogP contribution in [0.4, 0.5) is 14.9 Å². The zero-order valence-corrected chi connectivity index (χ0v) is 17.8. The molecule has 1 unspecified atom stereocenters. The van der Waals surface area contributed by atoms with Gasteiger partial charge in [0.2, 0.25) is 0 Å². The predicted molar refractivity (Wildman–Crippen MR) is 115 cm³/mol. The summed E-state index contributed by atoms with van der Waals surface area (Å²) in [5.74, 6) is -0.508. The molecule has 0 radical (unpaired) electrons. The van der Waals surface area contributed by atoms with Crippen LogP contribution in [0, 0.1) is 22.6 Å². The number of benzene rings is 2. The first-order valence-electron chi connectivity index (χ1n) is 9.85. The summed E-state index contributed by atoms with van der Waals surface area (Å²) in [5, 5.41) is 23.3. The van der Waals surface area contributed by atoms with Gasteiger partial charge in [0.1, 0.15) is 11.6 Å². The molecule has 0 aromatic heterocycles. The molecule has 10 heteroatoms. The van der Waals surface area contributed by atoms with E-state index in [1.54, 1.807) is 11.0 Å². The Bertz CT molecular complexity index is 1030. The number of piperidine rings is 1. The van der Waals surface area contributed by atoms with Gasteiger partial charge in [-0.3, -0.25) is 4.79 Å². The number of nitriles is 1. The van der Waals surface area contributed by atoms with Crippen molar-refractivity contribution in [3.8, 4) is 11.8 Å². The quantitative estimate of drug-likeness (QED) is 0.609. The van der Waals surface area contributed by atoms with Gasteiger partial charge in [-0.2, -0.15) is 5.26 Å². The number of aliphatic hydroxyl groups is 1. The molecule has 1 heterocycles. The van der Waals surface area contributed by atoms with Gasteiger partial charge >= 0.3 is 6.03 Å². The van der Waals surface area contributed by atoms with Crippen molar-refractivity contribution in [2.24, 2.45) is 11.1 Å². The average molecular weight is 461 g/mol. The van der Waals surface area contributed by atoms with E-state index in [2.05, 4.69) is 11.4 Å². The van der Waals surface area contributed by atoms with E-state index in [0.717, 1.165) is 0 Å². The Morgan fingerprint density at radius 1 is 1.28 bits per heavy atom. The van der Waals surface area contributed by atoms with Crippen molar-refractivity contribution in [1.29, 1.82) is 5.26 Å². The fourth-order valence-corrected chi connectivity index (χ4v) is 3.83. The molecule has 0 aliphatic carbocycles. The number of rotatable bonds is 6. The number of likely N-dealkylation sites (tertiary alicyclic amines) is 1. The van der Waals surface area contributed by atoms with Crippen LogP contribution in [-0.4, -0.2) is 41.6 Å². The minimum atomic E-state index is -1.10. The molecule has 3 rings (SSSR count). The third kappa shape index (κ3) is 5.28. The molecular weight excluding hydrogens is 439 g/mol. The number of hydrogen-bond donors (Lipinski definition) is 3. The van der Waals surface area contributed by atoms with E-state index in [1.165, 1.54) is 36.4 Å². The number of hydrogen-bond acceptors (Lipinski definition) is 5. The number of nitrogens with zero attached hydrogens (tertiary/aromatic N) is 2. The van der Waals surface area contributed by atoms with Crippen molar-refractivity contribution in [2.45, 2.75) is 18.9 Å². The summed E-state index contributed by atoms with van der Waals surface area (Å²) in [6.07, 6.45) is -0.593.